The van der Waals surface area contributed by atoms with E-state index in [9.17, 15) is 4.39 Å². The van der Waals surface area contributed by atoms with Gasteiger partial charge >= 0.3 is 0 Å². The van der Waals surface area contributed by atoms with Crippen LogP contribution in [-0.4, -0.2) is 22.7 Å². The predicted octanol–water partition coefficient (Wildman–Crippen LogP) is 7.33. The van der Waals surface area contributed by atoms with Crippen molar-refractivity contribution in [1.29, 1.82) is 0 Å². The number of halogens is 1. The molecule has 160 valence electrons. The Morgan fingerprint density at radius 1 is 0.867 bits per heavy atom. The maximum Gasteiger partial charge on any atom is 0.128 e. The van der Waals surface area contributed by atoms with Crippen LogP contribution in [0.2, 0.25) is 0 Å². The maximum absolute atomic E-state index is 12.8. The third-order valence-electron chi connectivity index (χ3n) is 5.37. The molecule has 1 heterocycles. The summed E-state index contributed by atoms with van der Waals surface area (Å²) in [5.41, 5.74) is 2.13. The highest BCUT2D eigenvalue weighted by Gasteiger charge is 2.05. The molecule has 1 atom stereocenters. The molecule has 1 aromatic heterocycles. The quantitative estimate of drug-likeness (QED) is 0.294. The van der Waals surface area contributed by atoms with Crippen LogP contribution in [0.1, 0.15) is 64.6 Å². The molecule has 0 saturated heterocycles. The lowest BCUT2D eigenvalue weighted by molar-refractivity contribution is 0.306. The highest BCUT2D eigenvalue weighted by molar-refractivity contribution is 5.88. The van der Waals surface area contributed by atoms with E-state index < -0.39 is 6.17 Å². The molecule has 0 bridgehead atoms. The van der Waals surface area contributed by atoms with E-state index in [1.165, 1.54) is 23.6 Å². The van der Waals surface area contributed by atoms with Crippen LogP contribution in [-0.2, 0) is 6.42 Å². The molecule has 0 aliphatic heterocycles. The number of fused-ring (bicyclic) bond motifs is 1. The van der Waals surface area contributed by atoms with Crippen molar-refractivity contribution in [3.8, 4) is 16.9 Å². The van der Waals surface area contributed by atoms with Crippen LogP contribution in [0.15, 0.2) is 48.8 Å². The molecule has 0 amide bonds. The molecule has 0 aliphatic rings. The average Bonchev–Trinajstić information content (AvgIpc) is 2.76. The first-order valence-corrected chi connectivity index (χ1v) is 11.3. The Hall–Kier alpha value is -2.49. The smallest absolute Gasteiger partial charge is 0.128 e. The Morgan fingerprint density at radius 2 is 1.63 bits per heavy atom. The van der Waals surface area contributed by atoms with Crippen LogP contribution in [0.5, 0.6) is 5.75 Å². The van der Waals surface area contributed by atoms with Crippen molar-refractivity contribution in [2.24, 2.45) is 0 Å². The second kappa shape index (κ2) is 11.6. The number of alkyl halides is 1. The number of aromatic nitrogens is 2. The summed E-state index contributed by atoms with van der Waals surface area (Å²) in [6, 6.07) is 12.7. The molecular formula is C26H33FN2O. The van der Waals surface area contributed by atoms with Crippen molar-refractivity contribution >= 4 is 10.8 Å². The van der Waals surface area contributed by atoms with Gasteiger partial charge in [-0.2, -0.15) is 0 Å². The molecule has 0 aliphatic carbocycles. The molecule has 4 heteroatoms. The number of ether oxygens (including phenoxy) is 1. The van der Waals surface area contributed by atoms with Gasteiger partial charge in [0.25, 0.3) is 0 Å². The zero-order chi connectivity index (χ0) is 21.2. The lowest BCUT2D eigenvalue weighted by Crippen LogP contribution is -1.97. The van der Waals surface area contributed by atoms with Crippen LogP contribution >= 0.6 is 0 Å². The van der Waals surface area contributed by atoms with Crippen LogP contribution in [0.25, 0.3) is 21.9 Å². The summed E-state index contributed by atoms with van der Waals surface area (Å²) in [6.07, 6.45) is 11.1. The average molecular weight is 409 g/mol. The predicted molar refractivity (Wildman–Crippen MR) is 123 cm³/mol. The van der Waals surface area contributed by atoms with Crippen LogP contribution in [0, 0.1) is 0 Å². The summed E-state index contributed by atoms with van der Waals surface area (Å²) >= 11 is 0. The number of hydrogen-bond acceptors (Lipinski definition) is 3. The Morgan fingerprint density at radius 3 is 2.40 bits per heavy atom. The van der Waals surface area contributed by atoms with Crippen molar-refractivity contribution in [1.82, 2.24) is 9.97 Å². The summed E-state index contributed by atoms with van der Waals surface area (Å²) in [5.74, 6) is 1.79. The number of rotatable bonds is 12. The van der Waals surface area contributed by atoms with Crippen molar-refractivity contribution in [2.75, 3.05) is 6.61 Å². The molecule has 0 N–H and O–H groups in total. The Bertz CT molecular complexity index is 909. The van der Waals surface area contributed by atoms with Gasteiger partial charge in [0.1, 0.15) is 11.6 Å². The molecule has 3 aromatic rings. The van der Waals surface area contributed by atoms with Gasteiger partial charge in [0.15, 0.2) is 0 Å². The van der Waals surface area contributed by atoms with Gasteiger partial charge in [-0.15, -0.1) is 0 Å². The maximum atomic E-state index is 12.8. The molecule has 3 nitrogen and oxygen atoms in total. The summed E-state index contributed by atoms with van der Waals surface area (Å²) in [5, 5.41) is 2.35. The van der Waals surface area contributed by atoms with Gasteiger partial charge in [-0.3, -0.25) is 0 Å². The van der Waals surface area contributed by atoms with Gasteiger partial charge in [0.2, 0.25) is 0 Å². The molecule has 1 unspecified atom stereocenters. The van der Waals surface area contributed by atoms with Crippen LogP contribution in [0.4, 0.5) is 4.39 Å². The lowest BCUT2D eigenvalue weighted by Gasteiger charge is -2.08. The molecule has 30 heavy (non-hydrogen) atoms. The van der Waals surface area contributed by atoms with E-state index in [2.05, 4.69) is 47.2 Å². The highest BCUT2D eigenvalue weighted by Crippen LogP contribution is 2.27. The van der Waals surface area contributed by atoms with Crippen molar-refractivity contribution in [3.05, 3.63) is 54.6 Å². The van der Waals surface area contributed by atoms with Gasteiger partial charge in [-0.25, -0.2) is 14.4 Å². The monoisotopic (exact) mass is 408 g/mol. The van der Waals surface area contributed by atoms with E-state index in [1.807, 2.05) is 18.5 Å². The summed E-state index contributed by atoms with van der Waals surface area (Å²) < 4.78 is 18.7. The first-order chi connectivity index (χ1) is 14.7. The Balaban J connectivity index is 1.58. The fourth-order valence-corrected chi connectivity index (χ4v) is 3.55. The first-order valence-electron chi connectivity index (χ1n) is 11.3. The molecule has 3 rings (SSSR count). The van der Waals surface area contributed by atoms with Gasteiger partial charge in [0, 0.05) is 24.4 Å². The minimum absolute atomic E-state index is 0.647. The minimum Gasteiger partial charge on any atom is -0.494 e. The first kappa shape index (κ1) is 22.2. The van der Waals surface area contributed by atoms with E-state index in [0.717, 1.165) is 61.4 Å². The van der Waals surface area contributed by atoms with Gasteiger partial charge in [-0.05, 0) is 60.7 Å². The molecule has 0 spiro atoms. The van der Waals surface area contributed by atoms with E-state index in [4.69, 9.17) is 4.74 Å². The topological polar surface area (TPSA) is 35.0 Å². The zero-order valence-electron chi connectivity index (χ0n) is 18.2. The summed E-state index contributed by atoms with van der Waals surface area (Å²) in [4.78, 5) is 9.05. The van der Waals surface area contributed by atoms with E-state index in [1.54, 1.807) is 6.92 Å². The third-order valence-corrected chi connectivity index (χ3v) is 5.37. The van der Waals surface area contributed by atoms with E-state index in [0.29, 0.717) is 6.42 Å². The van der Waals surface area contributed by atoms with Crippen molar-refractivity contribution in [3.63, 3.8) is 0 Å². The standard InChI is InChI=1S/C26H33FN2O/c1-3-4-8-15-30-25-14-13-21-16-22(11-12-23(21)17-25)24-18-28-26(29-19-24)10-7-5-6-9-20(2)27/h11-14,16-20H,3-10,15H2,1-2H3. The van der Waals surface area contributed by atoms with Crippen molar-refractivity contribution in [2.45, 2.75) is 71.4 Å². The summed E-state index contributed by atoms with van der Waals surface area (Å²) in [6.45, 7) is 4.59. The van der Waals surface area contributed by atoms with Crippen LogP contribution < -0.4 is 4.74 Å². The van der Waals surface area contributed by atoms with Crippen molar-refractivity contribution < 1.29 is 9.13 Å². The fourth-order valence-electron chi connectivity index (χ4n) is 3.55. The highest BCUT2D eigenvalue weighted by atomic mass is 19.1. The number of unbranched alkanes of at least 4 members (excludes halogenated alkanes) is 4. The lowest BCUT2D eigenvalue weighted by atomic mass is 10.0. The normalized spacial score (nSPS) is 12.2. The molecule has 2 aromatic carbocycles. The van der Waals surface area contributed by atoms with Crippen LogP contribution in [0.3, 0.4) is 0 Å². The van der Waals surface area contributed by atoms with E-state index >= 15 is 0 Å². The van der Waals surface area contributed by atoms with Gasteiger partial charge in [0.05, 0.1) is 12.8 Å². The SMILES string of the molecule is CCCCCOc1ccc2cc(-c3cnc(CCCCCC(C)F)nc3)ccc2c1. The van der Waals surface area contributed by atoms with Gasteiger partial charge < -0.3 is 4.74 Å². The number of aryl methyl sites for hydroxylation is 1. The summed E-state index contributed by atoms with van der Waals surface area (Å²) in [7, 11) is 0. The largest absolute Gasteiger partial charge is 0.494 e. The van der Waals surface area contributed by atoms with E-state index in [-0.39, 0.29) is 0 Å². The Kier molecular flexibility index (Phi) is 8.61. The fraction of sp³-hybridized carbons (Fsp3) is 0.462. The second-order valence-corrected chi connectivity index (χ2v) is 8.05. The minimum atomic E-state index is -0.701. The second-order valence-electron chi connectivity index (χ2n) is 8.05. The Labute approximate surface area is 179 Å². The number of benzene rings is 2. The van der Waals surface area contributed by atoms with Gasteiger partial charge in [-0.1, -0.05) is 50.8 Å². The molecular weight excluding hydrogens is 375 g/mol. The molecule has 0 radical (unpaired) electrons. The molecule has 0 fully saturated rings. The number of nitrogens with zero attached hydrogens (tertiary/aromatic N) is 2. The number of hydrogen-bond donors (Lipinski definition) is 0. The third kappa shape index (κ3) is 6.79. The molecule has 0 saturated carbocycles. The zero-order valence-corrected chi connectivity index (χ0v) is 18.2.